The quantitative estimate of drug-likeness (QED) is 0.205. The van der Waals surface area contributed by atoms with Gasteiger partial charge in [0, 0.05) is 56.3 Å². The summed E-state index contributed by atoms with van der Waals surface area (Å²) in [5.74, 6) is 3.43. The molecule has 51 heavy (non-hydrogen) atoms. The summed E-state index contributed by atoms with van der Waals surface area (Å²) in [5.41, 5.74) is 6.08. The number of hydrogen-bond donors (Lipinski definition) is 2. The first-order chi connectivity index (χ1) is 24.4. The van der Waals surface area contributed by atoms with Crippen molar-refractivity contribution in [2.75, 3.05) is 50.5 Å². The number of aromatic nitrogens is 4. The topological polar surface area (TPSA) is 98.3 Å². The van der Waals surface area contributed by atoms with E-state index in [0.29, 0.717) is 0 Å². The van der Waals surface area contributed by atoms with E-state index >= 15 is 0 Å². The third-order valence-electron chi connectivity index (χ3n) is 8.92. The molecule has 2 radical (unpaired) electrons. The molecule has 4 aliphatic rings. The van der Waals surface area contributed by atoms with E-state index in [1.54, 1.807) is 12.4 Å². The molecule has 0 aliphatic carbocycles. The van der Waals surface area contributed by atoms with E-state index in [1.807, 2.05) is 118 Å². The van der Waals surface area contributed by atoms with Gasteiger partial charge in [0.05, 0.1) is 0 Å². The van der Waals surface area contributed by atoms with Gasteiger partial charge in [-0.15, -0.1) is 0 Å². The second-order valence-corrected chi connectivity index (χ2v) is 12.1. The molecule has 0 spiro atoms. The Bertz CT molecular complexity index is 1920. The molecule has 13 nitrogen and oxygen atoms in total. The van der Waals surface area contributed by atoms with Crippen LogP contribution in [-0.2, 0) is 20.1 Å². The zero-order valence-corrected chi connectivity index (χ0v) is 30.7. The van der Waals surface area contributed by atoms with Crippen LogP contribution in [0.5, 0.6) is 0 Å². The maximum absolute atomic E-state index is 4.57. The standard InChI is InChI=1S/C21H19N6.C13H14B3N7.Ir/c1-15-16(26-13-24(2)18-9-5-11-22-20(18)26)7-4-8-17(15)27-14-25(3)19-10-6-12-23-21(19)27;1-21-10-23(13-12(21)17-8-9-18-13)16-20-14-19-15(22(16)2)11-6-4-3-5-7-11;/h4-14H,1H2,2-3H3;3-6,8-10,19-20H,2H2,1H3;/q2*-3;. The van der Waals surface area contributed by atoms with Gasteiger partial charge in [-0.3, -0.25) is 0 Å². The predicted molar refractivity (Wildman–Crippen MR) is 202 cm³/mol. The van der Waals surface area contributed by atoms with Gasteiger partial charge >= 0.3 is 7.12 Å². The van der Waals surface area contributed by atoms with Crippen molar-refractivity contribution < 1.29 is 20.1 Å². The Morgan fingerprint density at radius 3 is 1.86 bits per heavy atom. The van der Waals surface area contributed by atoms with Crippen molar-refractivity contribution in [3.63, 3.8) is 0 Å². The van der Waals surface area contributed by atoms with Crippen LogP contribution in [0.15, 0.2) is 91.5 Å². The first-order valence-electron chi connectivity index (χ1n) is 16.1. The van der Waals surface area contributed by atoms with Gasteiger partial charge in [-0.1, -0.05) is 29.6 Å². The molecular weight excluding hydrogens is 815 g/mol. The maximum Gasteiger partial charge on any atom is 0.354 e. The summed E-state index contributed by atoms with van der Waals surface area (Å²) >= 11 is 0. The Kier molecular flexibility index (Phi) is 9.82. The van der Waals surface area contributed by atoms with E-state index in [-0.39, 0.29) is 34.2 Å². The fourth-order valence-corrected chi connectivity index (χ4v) is 6.50. The Labute approximate surface area is 314 Å². The monoisotopic (exact) mass is 849 g/mol. The number of hydrogen-bond acceptors (Lipinski definition) is 13. The number of nitrogens with one attached hydrogen (secondary N) is 2. The zero-order chi connectivity index (χ0) is 34.4. The summed E-state index contributed by atoms with van der Waals surface area (Å²) in [5, 5.41) is 6.57. The fraction of sp³-hybridized carbons (Fsp3) is 0.0882. The Morgan fingerprint density at radius 1 is 0.667 bits per heavy atom. The largest absolute Gasteiger partial charge is 0.511 e. The van der Waals surface area contributed by atoms with Crippen LogP contribution < -0.4 is 45.1 Å². The number of fused-ring (bicyclic) bond motifs is 3. The number of pyridine rings is 2. The average Bonchev–Trinajstić information content (AvgIpc) is 3.79. The molecule has 7 heterocycles. The zero-order valence-electron chi connectivity index (χ0n) is 28.3. The fourth-order valence-electron chi connectivity index (χ4n) is 6.50. The van der Waals surface area contributed by atoms with Crippen LogP contribution in [0.1, 0.15) is 5.56 Å². The molecule has 0 unspecified atom stereocenters. The molecule has 0 bridgehead atoms. The van der Waals surface area contributed by atoms with Crippen molar-refractivity contribution in [1.29, 1.82) is 0 Å². The number of anilines is 8. The van der Waals surface area contributed by atoms with Crippen LogP contribution in [-0.4, -0.2) is 67.5 Å². The van der Waals surface area contributed by atoms with E-state index in [1.165, 1.54) is 0 Å². The Morgan fingerprint density at radius 2 is 1.25 bits per heavy atom. The molecule has 4 aliphatic heterocycles. The normalized spacial score (nSPS) is 16.3. The maximum atomic E-state index is 4.57. The van der Waals surface area contributed by atoms with E-state index < -0.39 is 0 Å². The molecule has 9 rings (SSSR count). The van der Waals surface area contributed by atoms with E-state index in [2.05, 4.69) is 94.1 Å². The number of nitrogens with zero attached hydrogens (tertiary/aromatic N) is 11. The molecule has 258 valence electrons. The summed E-state index contributed by atoms with van der Waals surface area (Å²) < 4.78 is 1.94. The van der Waals surface area contributed by atoms with E-state index in [4.69, 9.17) is 0 Å². The minimum Gasteiger partial charge on any atom is -0.511 e. The molecule has 2 aromatic carbocycles. The second-order valence-electron chi connectivity index (χ2n) is 12.1. The van der Waals surface area contributed by atoms with Crippen molar-refractivity contribution in [2.24, 2.45) is 0 Å². The Hall–Kier alpha value is -4.79. The SMILES string of the molecule is [CH2-]N1B(c2[c-]cccc2)N[B]NB1N1[CH-]N(C)c2nccnc21.[CH2-]c1c(N2[CH-]N(C)c3cccnc32)cccc1N1[CH-]N(C)c2cccnc21.[Ir]. The van der Waals surface area contributed by atoms with Crippen LogP contribution in [0.25, 0.3) is 0 Å². The smallest absolute Gasteiger partial charge is 0.354 e. The van der Waals surface area contributed by atoms with Crippen LogP contribution in [0.4, 0.5) is 46.0 Å². The Balaban J connectivity index is 0.000000158. The minimum absolute atomic E-state index is 0. The summed E-state index contributed by atoms with van der Waals surface area (Å²) in [4.78, 5) is 30.2. The molecule has 2 N–H and O–H groups in total. The van der Waals surface area contributed by atoms with Crippen molar-refractivity contribution in [3.8, 4) is 0 Å². The van der Waals surface area contributed by atoms with Gasteiger partial charge in [0.2, 0.25) is 0 Å². The van der Waals surface area contributed by atoms with E-state index in [0.717, 1.165) is 57.0 Å². The third-order valence-corrected chi connectivity index (χ3v) is 8.92. The van der Waals surface area contributed by atoms with E-state index in [9.17, 15) is 0 Å². The van der Waals surface area contributed by atoms with Gasteiger partial charge in [-0.25, -0.2) is 19.9 Å². The minimum atomic E-state index is -0.185. The van der Waals surface area contributed by atoms with Crippen molar-refractivity contribution in [3.05, 3.63) is 137 Å². The molecule has 5 aromatic rings. The van der Waals surface area contributed by atoms with Crippen LogP contribution in [0.3, 0.4) is 0 Å². The van der Waals surface area contributed by atoms with Gasteiger partial charge in [0.1, 0.15) is 23.3 Å². The van der Waals surface area contributed by atoms with Gasteiger partial charge in [0.15, 0.2) is 0 Å². The van der Waals surface area contributed by atoms with Crippen molar-refractivity contribution >= 4 is 73.1 Å². The van der Waals surface area contributed by atoms with Crippen LogP contribution >= 0.6 is 0 Å². The molecule has 0 amide bonds. The molecule has 1 saturated heterocycles. The second kappa shape index (κ2) is 14.4. The first-order valence-corrected chi connectivity index (χ1v) is 16.1. The summed E-state index contributed by atoms with van der Waals surface area (Å²) in [6.07, 6.45) is 7.02. The number of benzene rings is 2. The van der Waals surface area contributed by atoms with Gasteiger partial charge in [-0.2, -0.15) is 68.3 Å². The van der Waals surface area contributed by atoms with Gasteiger partial charge < -0.3 is 51.4 Å². The summed E-state index contributed by atoms with van der Waals surface area (Å²) in [6, 6.07) is 25.3. The van der Waals surface area contributed by atoms with Crippen LogP contribution in [0.2, 0.25) is 0 Å². The summed E-state index contributed by atoms with van der Waals surface area (Å²) in [7, 11) is 11.9. The first kappa shape index (κ1) is 34.7. The molecule has 3 aromatic heterocycles. The van der Waals surface area contributed by atoms with Crippen molar-refractivity contribution in [2.45, 2.75) is 0 Å². The third kappa shape index (κ3) is 6.25. The molecule has 17 heteroatoms. The van der Waals surface area contributed by atoms with Crippen molar-refractivity contribution in [1.82, 2.24) is 34.9 Å². The molecule has 0 saturated carbocycles. The summed E-state index contributed by atoms with van der Waals surface area (Å²) in [6.45, 7) is 10.4. The van der Waals surface area contributed by atoms with Gasteiger partial charge in [0.25, 0.3) is 14.5 Å². The van der Waals surface area contributed by atoms with Gasteiger partial charge in [-0.05, 0) is 45.4 Å². The predicted octanol–water partition coefficient (Wildman–Crippen LogP) is 2.92. The molecule has 0 atom stereocenters. The molecular formula is C34H33B3IrN13-6. The molecule has 1 fully saturated rings. The number of rotatable bonds is 4. The average molecular weight is 848 g/mol. The van der Waals surface area contributed by atoms with Crippen LogP contribution in [0, 0.1) is 40.0 Å².